The Bertz CT molecular complexity index is 798. The monoisotopic (exact) mass is 264 g/mol. The molecule has 2 heterocycles. The van der Waals surface area contributed by atoms with Crippen molar-refractivity contribution in [2.45, 2.75) is 6.17 Å². The quantitative estimate of drug-likeness (QED) is 0.771. The number of rotatable bonds is 1. The number of benzene rings is 2. The summed E-state index contributed by atoms with van der Waals surface area (Å²) in [5, 5.41) is 7.27. The molecule has 2 aliphatic heterocycles. The maximum Gasteiger partial charge on any atom is 0.331 e. The number of hydrazine groups is 1. The van der Waals surface area contributed by atoms with Gasteiger partial charge >= 0.3 is 6.17 Å². The first-order valence-corrected chi connectivity index (χ1v) is 6.68. The van der Waals surface area contributed by atoms with Crippen molar-refractivity contribution < 1.29 is 4.87 Å². The third kappa shape index (κ3) is 1.54. The number of anilines is 1. The number of hydrogen-bond donors (Lipinski definition) is 1. The molecule has 2 aromatic rings. The van der Waals surface area contributed by atoms with Crippen molar-refractivity contribution in [2.24, 2.45) is 0 Å². The first kappa shape index (κ1) is 11.2. The molecule has 0 bridgehead atoms. The van der Waals surface area contributed by atoms with Crippen LogP contribution < -0.4 is 20.8 Å². The van der Waals surface area contributed by atoms with Crippen molar-refractivity contribution in [3.05, 3.63) is 69.9 Å². The average molecular weight is 264 g/mol. The highest BCUT2D eigenvalue weighted by Gasteiger charge is 2.45. The van der Waals surface area contributed by atoms with E-state index in [1.807, 2.05) is 48.7 Å². The zero-order chi connectivity index (χ0) is 13.5. The van der Waals surface area contributed by atoms with Crippen LogP contribution in [0.4, 0.5) is 5.69 Å². The van der Waals surface area contributed by atoms with Crippen LogP contribution in [0.15, 0.2) is 54.6 Å². The standard InChI is InChI=1S/C16H14N3O/c20-19-16-15(11-18(19)13-7-2-1-3-8-13)14-9-5-4-6-12(14)10-17-16/h1-10,16-17H,11H2/q+1. The van der Waals surface area contributed by atoms with Gasteiger partial charge in [-0.3, -0.25) is 0 Å². The highest BCUT2D eigenvalue weighted by atomic mass is 16.3. The van der Waals surface area contributed by atoms with Gasteiger partial charge in [-0.25, -0.2) is 0 Å². The van der Waals surface area contributed by atoms with Crippen LogP contribution in [0.2, 0.25) is 0 Å². The minimum atomic E-state index is -0.301. The maximum atomic E-state index is 12.5. The van der Waals surface area contributed by atoms with Gasteiger partial charge in [0.15, 0.2) is 4.87 Å². The molecule has 4 rings (SSSR count). The second-order valence-electron chi connectivity index (χ2n) is 5.02. The largest absolute Gasteiger partial charge is 0.331 e. The van der Waals surface area contributed by atoms with E-state index in [0.717, 1.165) is 26.6 Å². The fourth-order valence-electron chi connectivity index (χ4n) is 2.88. The van der Waals surface area contributed by atoms with Crippen molar-refractivity contribution in [1.82, 2.24) is 5.32 Å². The summed E-state index contributed by atoms with van der Waals surface area (Å²) in [5.41, 5.74) is 2.05. The first-order valence-electron chi connectivity index (χ1n) is 6.68. The highest BCUT2D eigenvalue weighted by molar-refractivity contribution is 5.62. The average Bonchev–Trinajstić information content (AvgIpc) is 2.86. The van der Waals surface area contributed by atoms with E-state index in [9.17, 15) is 4.91 Å². The molecule has 0 radical (unpaired) electrons. The zero-order valence-electron chi connectivity index (χ0n) is 10.9. The lowest BCUT2D eigenvalue weighted by Crippen LogP contribution is -2.44. The van der Waals surface area contributed by atoms with E-state index < -0.39 is 0 Å². The van der Waals surface area contributed by atoms with Gasteiger partial charge in [0.05, 0.1) is 10.5 Å². The summed E-state index contributed by atoms with van der Waals surface area (Å²) in [6, 6.07) is 17.9. The van der Waals surface area contributed by atoms with Gasteiger partial charge in [-0.05, 0) is 22.6 Å². The number of para-hydroxylation sites is 1. The van der Waals surface area contributed by atoms with Gasteiger partial charge in [-0.1, -0.05) is 42.5 Å². The van der Waals surface area contributed by atoms with E-state index in [2.05, 4.69) is 17.4 Å². The van der Waals surface area contributed by atoms with Gasteiger partial charge in [0.1, 0.15) is 12.2 Å². The molecule has 20 heavy (non-hydrogen) atoms. The molecule has 1 N–H and O–H groups in total. The molecule has 4 nitrogen and oxygen atoms in total. The highest BCUT2D eigenvalue weighted by Crippen LogP contribution is 2.24. The molecule has 0 spiro atoms. The lowest BCUT2D eigenvalue weighted by Gasteiger charge is -2.08. The van der Waals surface area contributed by atoms with Crippen LogP contribution in [0.3, 0.4) is 0 Å². The molecule has 2 aliphatic rings. The third-order valence-electron chi connectivity index (χ3n) is 3.87. The van der Waals surface area contributed by atoms with Crippen LogP contribution in [0.1, 0.15) is 0 Å². The van der Waals surface area contributed by atoms with E-state index in [-0.39, 0.29) is 6.17 Å². The van der Waals surface area contributed by atoms with Gasteiger partial charge in [0.25, 0.3) is 0 Å². The van der Waals surface area contributed by atoms with E-state index in [1.54, 1.807) is 5.01 Å². The lowest BCUT2D eigenvalue weighted by molar-refractivity contribution is -0.573. The Morgan fingerprint density at radius 3 is 2.65 bits per heavy atom. The summed E-state index contributed by atoms with van der Waals surface area (Å²) < 4.78 is 0. The lowest BCUT2D eigenvalue weighted by atomic mass is 10.1. The third-order valence-corrected chi connectivity index (χ3v) is 3.87. The van der Waals surface area contributed by atoms with E-state index >= 15 is 0 Å². The van der Waals surface area contributed by atoms with Crippen LogP contribution in [0, 0.1) is 4.91 Å². The molecule has 0 aliphatic carbocycles. The Balaban J connectivity index is 1.86. The van der Waals surface area contributed by atoms with Crippen molar-refractivity contribution in [1.29, 1.82) is 0 Å². The van der Waals surface area contributed by atoms with Gasteiger partial charge in [0, 0.05) is 6.20 Å². The summed E-state index contributed by atoms with van der Waals surface area (Å²) in [4.78, 5) is 13.5. The number of fused-ring (bicyclic) bond motifs is 2. The van der Waals surface area contributed by atoms with Crippen molar-refractivity contribution >= 4 is 17.5 Å². The number of hydrogen-bond acceptors (Lipinski definition) is 2. The summed E-state index contributed by atoms with van der Waals surface area (Å²) >= 11 is 0. The molecule has 0 amide bonds. The van der Waals surface area contributed by atoms with Gasteiger partial charge in [-0.2, -0.15) is 0 Å². The first-order chi connectivity index (χ1) is 9.84. The molecule has 1 atom stereocenters. The summed E-state index contributed by atoms with van der Waals surface area (Å²) in [7, 11) is 0. The normalized spacial score (nSPS) is 20.0. The SMILES string of the molecule is O=[N+]1C2NC=c3ccccc3=C2CN1c1ccccc1. The molecule has 1 unspecified atom stereocenters. The Kier molecular flexibility index (Phi) is 2.36. The van der Waals surface area contributed by atoms with E-state index in [0.29, 0.717) is 6.54 Å². The Labute approximate surface area is 116 Å². The van der Waals surface area contributed by atoms with E-state index in [1.165, 1.54) is 0 Å². The van der Waals surface area contributed by atoms with Crippen LogP contribution >= 0.6 is 0 Å². The summed E-state index contributed by atoms with van der Waals surface area (Å²) in [6.45, 7) is 0.621. The molecule has 1 saturated heterocycles. The van der Waals surface area contributed by atoms with Crippen molar-refractivity contribution in [3.63, 3.8) is 0 Å². The number of nitrogens with one attached hydrogen (secondary N) is 1. The fraction of sp³-hybridized carbons (Fsp3) is 0.125. The van der Waals surface area contributed by atoms with Crippen LogP contribution in [0.25, 0.3) is 11.8 Å². The second-order valence-corrected chi connectivity index (χ2v) is 5.02. The van der Waals surface area contributed by atoms with Gasteiger partial charge < -0.3 is 5.32 Å². The Morgan fingerprint density at radius 2 is 1.80 bits per heavy atom. The number of nitroso groups, excluding NO2 is 1. The van der Waals surface area contributed by atoms with E-state index in [4.69, 9.17) is 0 Å². The van der Waals surface area contributed by atoms with Gasteiger partial charge in [0.2, 0.25) is 0 Å². The molecule has 1 fully saturated rings. The summed E-state index contributed by atoms with van der Waals surface area (Å²) in [5.74, 6) is 0. The topological polar surface area (TPSA) is 35.4 Å². The Morgan fingerprint density at radius 1 is 1.05 bits per heavy atom. The minimum Gasteiger partial charge on any atom is -0.324 e. The zero-order valence-corrected chi connectivity index (χ0v) is 10.9. The molecule has 2 aromatic carbocycles. The van der Waals surface area contributed by atoms with Gasteiger partial charge in [-0.15, -0.1) is 5.01 Å². The molecular weight excluding hydrogens is 250 g/mol. The fourth-order valence-corrected chi connectivity index (χ4v) is 2.88. The molecule has 98 valence electrons. The van der Waals surface area contributed by atoms with Crippen molar-refractivity contribution in [2.75, 3.05) is 11.6 Å². The minimum absolute atomic E-state index is 0.301. The maximum absolute atomic E-state index is 12.5. The van der Waals surface area contributed by atoms with Crippen LogP contribution in [0.5, 0.6) is 0 Å². The number of nitrogens with zero attached hydrogens (tertiary/aromatic N) is 2. The predicted octanol–water partition coefficient (Wildman–Crippen LogP) is 0.719. The smallest absolute Gasteiger partial charge is 0.324 e. The van der Waals surface area contributed by atoms with Crippen LogP contribution in [-0.4, -0.2) is 17.6 Å². The molecule has 0 saturated carbocycles. The van der Waals surface area contributed by atoms with Crippen molar-refractivity contribution in [3.8, 4) is 0 Å². The summed E-state index contributed by atoms with van der Waals surface area (Å²) in [6.07, 6.45) is 1.62. The molecule has 4 heteroatoms. The molecule has 0 aromatic heterocycles. The Hall–Kier alpha value is -2.62. The predicted molar refractivity (Wildman–Crippen MR) is 77.9 cm³/mol. The second kappa shape index (κ2) is 4.20. The van der Waals surface area contributed by atoms with Crippen LogP contribution in [-0.2, 0) is 0 Å². The molecular formula is C16H14N3O+.